The maximum absolute atomic E-state index is 12.1. The van der Waals surface area contributed by atoms with Gasteiger partial charge >= 0.3 is 5.97 Å². The third-order valence-electron chi connectivity index (χ3n) is 4.09. The number of amides is 1. The van der Waals surface area contributed by atoms with Crippen molar-refractivity contribution in [2.75, 3.05) is 6.61 Å². The number of nitro benzene ring substituents is 1. The van der Waals surface area contributed by atoms with Gasteiger partial charge in [0.05, 0.1) is 4.92 Å². The fourth-order valence-electron chi connectivity index (χ4n) is 2.69. The molecule has 1 amide bonds. The van der Waals surface area contributed by atoms with Gasteiger partial charge in [0, 0.05) is 11.6 Å². The van der Waals surface area contributed by atoms with E-state index in [0.717, 1.165) is 12.8 Å². The molecule has 2 rings (SSSR count). The molecular weight excluding hydrogens is 348 g/mol. The van der Waals surface area contributed by atoms with Crippen LogP contribution in [0.5, 0.6) is 0 Å². The largest absolute Gasteiger partial charge is 0.452 e. The van der Waals surface area contributed by atoms with Crippen LogP contribution in [-0.4, -0.2) is 29.4 Å². The Hall–Kier alpha value is -3.22. The summed E-state index contributed by atoms with van der Waals surface area (Å²) in [5, 5.41) is 13.9. The van der Waals surface area contributed by atoms with Crippen LogP contribution in [0.2, 0.25) is 0 Å². The van der Waals surface area contributed by atoms with Crippen LogP contribution in [0.3, 0.4) is 0 Å². The number of para-hydroxylation sites is 1. The molecule has 0 spiro atoms. The normalized spacial score (nSPS) is 11.5. The van der Waals surface area contributed by atoms with Crippen molar-refractivity contribution in [3.05, 3.63) is 75.3 Å². The van der Waals surface area contributed by atoms with Gasteiger partial charge in [0.25, 0.3) is 11.6 Å². The third kappa shape index (κ3) is 5.91. The molecule has 142 valence electrons. The molecule has 0 bridgehead atoms. The molecule has 27 heavy (non-hydrogen) atoms. The molecule has 0 heterocycles. The molecule has 0 aromatic heterocycles. The number of aryl methyl sites for hydroxylation is 2. The molecule has 0 saturated carbocycles. The van der Waals surface area contributed by atoms with Crippen molar-refractivity contribution in [1.29, 1.82) is 0 Å². The summed E-state index contributed by atoms with van der Waals surface area (Å²) in [5.74, 6) is -1.34. The summed E-state index contributed by atoms with van der Waals surface area (Å²) in [7, 11) is 0. The second-order valence-corrected chi connectivity index (χ2v) is 6.30. The SMILES string of the molecule is Cc1cccc(C(=O)OCC(=O)N[C@H](C)CCc2ccccc2)c1[N+](=O)[O-]. The number of carbonyl (C=O) groups excluding carboxylic acids is 2. The maximum Gasteiger partial charge on any atom is 0.345 e. The van der Waals surface area contributed by atoms with E-state index in [2.05, 4.69) is 5.32 Å². The Labute approximate surface area is 157 Å². The molecule has 2 aromatic rings. The van der Waals surface area contributed by atoms with Gasteiger partial charge < -0.3 is 10.1 Å². The lowest BCUT2D eigenvalue weighted by molar-refractivity contribution is -0.385. The Morgan fingerprint density at radius 3 is 2.52 bits per heavy atom. The molecule has 0 radical (unpaired) electrons. The zero-order valence-corrected chi connectivity index (χ0v) is 15.3. The Morgan fingerprint density at radius 1 is 1.15 bits per heavy atom. The van der Waals surface area contributed by atoms with E-state index >= 15 is 0 Å². The van der Waals surface area contributed by atoms with Crippen molar-refractivity contribution in [3.63, 3.8) is 0 Å². The molecular formula is C20H22N2O5. The lowest BCUT2D eigenvalue weighted by Gasteiger charge is -2.14. The standard InChI is InChI=1S/C20H22N2O5/c1-14-7-6-10-17(19(14)22(25)26)20(24)27-13-18(23)21-15(2)11-12-16-8-4-3-5-9-16/h3-10,15H,11-13H2,1-2H3,(H,21,23)/t15-/m1/s1. The molecule has 0 aliphatic carbocycles. The second-order valence-electron chi connectivity index (χ2n) is 6.30. The first-order chi connectivity index (χ1) is 12.9. The van der Waals surface area contributed by atoms with Crippen LogP contribution in [0.1, 0.15) is 34.8 Å². The number of hydrogen-bond donors (Lipinski definition) is 1. The number of rotatable bonds is 8. The molecule has 2 aromatic carbocycles. The highest BCUT2D eigenvalue weighted by Gasteiger charge is 2.24. The minimum atomic E-state index is -0.891. The van der Waals surface area contributed by atoms with Crippen molar-refractivity contribution in [1.82, 2.24) is 5.32 Å². The highest BCUT2D eigenvalue weighted by molar-refractivity contribution is 5.95. The van der Waals surface area contributed by atoms with Gasteiger partial charge in [-0.1, -0.05) is 42.5 Å². The lowest BCUT2D eigenvalue weighted by Crippen LogP contribution is -2.36. The van der Waals surface area contributed by atoms with Crippen LogP contribution in [0, 0.1) is 17.0 Å². The van der Waals surface area contributed by atoms with Gasteiger partial charge in [-0.25, -0.2) is 4.79 Å². The van der Waals surface area contributed by atoms with Gasteiger partial charge in [0.15, 0.2) is 6.61 Å². The zero-order chi connectivity index (χ0) is 19.8. The smallest absolute Gasteiger partial charge is 0.345 e. The fourth-order valence-corrected chi connectivity index (χ4v) is 2.69. The van der Waals surface area contributed by atoms with Crippen LogP contribution < -0.4 is 5.32 Å². The van der Waals surface area contributed by atoms with Gasteiger partial charge in [0.1, 0.15) is 5.56 Å². The minimum absolute atomic E-state index is 0.0929. The van der Waals surface area contributed by atoms with Gasteiger partial charge in [-0.15, -0.1) is 0 Å². The fraction of sp³-hybridized carbons (Fsp3) is 0.300. The van der Waals surface area contributed by atoms with Crippen LogP contribution >= 0.6 is 0 Å². The second kappa shape index (κ2) is 9.47. The van der Waals surface area contributed by atoms with E-state index < -0.39 is 23.4 Å². The van der Waals surface area contributed by atoms with Crippen LogP contribution in [-0.2, 0) is 16.0 Å². The molecule has 0 fully saturated rings. The van der Waals surface area contributed by atoms with E-state index in [-0.39, 0.29) is 17.3 Å². The molecule has 1 atom stereocenters. The van der Waals surface area contributed by atoms with E-state index in [9.17, 15) is 19.7 Å². The molecule has 7 heteroatoms. The maximum atomic E-state index is 12.1. The summed E-state index contributed by atoms with van der Waals surface area (Å²) in [6.07, 6.45) is 1.56. The van der Waals surface area contributed by atoms with E-state index in [4.69, 9.17) is 4.74 Å². The number of hydrogen-bond acceptors (Lipinski definition) is 5. The Bertz CT molecular complexity index is 820. The summed E-state index contributed by atoms with van der Waals surface area (Å²) < 4.78 is 4.94. The average Bonchev–Trinajstić information content (AvgIpc) is 2.64. The first kappa shape index (κ1) is 20.1. The molecule has 0 saturated heterocycles. The zero-order valence-electron chi connectivity index (χ0n) is 15.3. The number of nitrogens with one attached hydrogen (secondary N) is 1. The van der Waals surface area contributed by atoms with Crippen LogP contribution in [0.25, 0.3) is 0 Å². The monoisotopic (exact) mass is 370 g/mol. The van der Waals surface area contributed by atoms with Gasteiger partial charge in [-0.2, -0.15) is 0 Å². The Balaban J connectivity index is 1.84. The van der Waals surface area contributed by atoms with Crippen molar-refractivity contribution < 1.29 is 19.2 Å². The van der Waals surface area contributed by atoms with Gasteiger partial charge in [-0.3, -0.25) is 14.9 Å². The average molecular weight is 370 g/mol. The number of ether oxygens (including phenoxy) is 1. The van der Waals surface area contributed by atoms with E-state index in [1.54, 1.807) is 0 Å². The summed E-state index contributed by atoms with van der Waals surface area (Å²) in [6, 6.07) is 14.2. The highest BCUT2D eigenvalue weighted by Crippen LogP contribution is 2.23. The summed E-state index contributed by atoms with van der Waals surface area (Å²) in [5.41, 5.74) is 1.06. The quantitative estimate of drug-likeness (QED) is 0.437. The lowest BCUT2D eigenvalue weighted by atomic mass is 10.1. The molecule has 0 aliphatic rings. The van der Waals surface area contributed by atoms with Crippen molar-refractivity contribution in [2.45, 2.75) is 32.7 Å². The third-order valence-corrected chi connectivity index (χ3v) is 4.09. The topological polar surface area (TPSA) is 98.5 Å². The van der Waals surface area contributed by atoms with E-state index in [0.29, 0.717) is 5.56 Å². The molecule has 0 unspecified atom stereocenters. The molecule has 1 N–H and O–H groups in total. The number of carbonyl (C=O) groups is 2. The minimum Gasteiger partial charge on any atom is -0.452 e. The number of esters is 1. The molecule has 0 aliphatic heterocycles. The summed E-state index contributed by atoms with van der Waals surface area (Å²) >= 11 is 0. The van der Waals surface area contributed by atoms with Gasteiger partial charge in [0.2, 0.25) is 0 Å². The first-order valence-corrected chi connectivity index (χ1v) is 8.63. The van der Waals surface area contributed by atoms with Gasteiger partial charge in [-0.05, 0) is 38.3 Å². The number of benzene rings is 2. The Kier molecular flexibility index (Phi) is 7.05. The summed E-state index contributed by atoms with van der Waals surface area (Å²) in [4.78, 5) is 34.6. The van der Waals surface area contributed by atoms with Crippen molar-refractivity contribution >= 4 is 17.6 Å². The highest BCUT2D eigenvalue weighted by atomic mass is 16.6. The van der Waals surface area contributed by atoms with Crippen LogP contribution in [0.15, 0.2) is 48.5 Å². The predicted molar refractivity (Wildman–Crippen MR) is 100 cm³/mol. The van der Waals surface area contributed by atoms with Crippen molar-refractivity contribution in [3.8, 4) is 0 Å². The molecule has 7 nitrogen and oxygen atoms in total. The first-order valence-electron chi connectivity index (χ1n) is 8.63. The number of nitrogens with zero attached hydrogens (tertiary/aromatic N) is 1. The van der Waals surface area contributed by atoms with Crippen LogP contribution in [0.4, 0.5) is 5.69 Å². The van der Waals surface area contributed by atoms with E-state index in [1.165, 1.54) is 30.7 Å². The number of nitro groups is 1. The van der Waals surface area contributed by atoms with Crippen molar-refractivity contribution in [2.24, 2.45) is 0 Å². The predicted octanol–water partition coefficient (Wildman–Crippen LogP) is 3.20. The van der Waals surface area contributed by atoms with E-state index in [1.807, 2.05) is 37.3 Å². The summed E-state index contributed by atoms with van der Waals surface area (Å²) in [6.45, 7) is 2.92. The Morgan fingerprint density at radius 2 is 1.85 bits per heavy atom.